The lowest BCUT2D eigenvalue weighted by atomic mass is 9.97. The van der Waals surface area contributed by atoms with Gasteiger partial charge in [-0.3, -0.25) is 9.59 Å². The first-order valence-corrected chi connectivity index (χ1v) is 11.6. The van der Waals surface area contributed by atoms with Gasteiger partial charge in [0.05, 0.1) is 13.5 Å². The van der Waals surface area contributed by atoms with Gasteiger partial charge in [0.25, 0.3) is 0 Å². The van der Waals surface area contributed by atoms with Crippen LogP contribution in [0.5, 0.6) is 17.2 Å². The van der Waals surface area contributed by atoms with E-state index in [0.29, 0.717) is 42.7 Å². The fourth-order valence-electron chi connectivity index (χ4n) is 4.10. The smallest absolute Gasteiger partial charge is 0.311 e. The molecule has 1 aliphatic heterocycles. The molecule has 1 heterocycles. The van der Waals surface area contributed by atoms with Crippen LogP contribution in [0.25, 0.3) is 11.1 Å². The number of anilines is 1. The number of phenols is 1. The highest BCUT2D eigenvalue weighted by atomic mass is 16.5. The Kier molecular flexibility index (Phi) is 8.00. The van der Waals surface area contributed by atoms with Gasteiger partial charge in [-0.25, -0.2) is 0 Å². The summed E-state index contributed by atoms with van der Waals surface area (Å²) in [5.41, 5.74) is 3.14. The maximum absolute atomic E-state index is 12.6. The third-order valence-corrected chi connectivity index (χ3v) is 5.95. The van der Waals surface area contributed by atoms with Crippen molar-refractivity contribution in [3.63, 3.8) is 0 Å². The Bertz CT molecular complexity index is 1190. The van der Waals surface area contributed by atoms with Gasteiger partial charge < -0.3 is 24.6 Å². The molecule has 1 saturated heterocycles. The molecule has 0 unspecified atom stereocenters. The van der Waals surface area contributed by atoms with Crippen molar-refractivity contribution in [3.8, 4) is 28.4 Å². The van der Waals surface area contributed by atoms with E-state index >= 15 is 0 Å². The third-order valence-electron chi connectivity index (χ3n) is 5.95. The monoisotopic (exact) mass is 475 g/mol. The van der Waals surface area contributed by atoms with E-state index in [-0.39, 0.29) is 24.0 Å². The fraction of sp³-hybridized carbons (Fsp3) is 0.286. The van der Waals surface area contributed by atoms with Gasteiger partial charge in [0.2, 0.25) is 5.91 Å². The number of methoxy groups -OCH3 is 1. The number of hydrogen-bond acceptors (Lipinski definition) is 6. The Morgan fingerprint density at radius 2 is 1.74 bits per heavy atom. The van der Waals surface area contributed by atoms with E-state index in [2.05, 4.69) is 5.32 Å². The van der Waals surface area contributed by atoms with Crippen LogP contribution in [0.1, 0.15) is 24.8 Å². The van der Waals surface area contributed by atoms with Gasteiger partial charge in [-0.15, -0.1) is 0 Å². The molecule has 4 rings (SSSR count). The van der Waals surface area contributed by atoms with Gasteiger partial charge in [-0.05, 0) is 71.8 Å². The summed E-state index contributed by atoms with van der Waals surface area (Å²) in [5.74, 6) is 0.732. The molecule has 3 aromatic carbocycles. The standard InChI is InChI=1S/C28H29NO6/c1-33-26-14-20(8-9-25(26)30)15-27(31)29-23-6-2-4-21(17-23)22-5-3-7-24(18-22)35-28(32)16-19-10-12-34-13-11-19/h2-9,14,17-19,30H,10-13,15-16H2,1H3,(H,29,31). The number of aromatic hydroxyl groups is 1. The van der Waals surface area contributed by atoms with Crippen molar-refractivity contribution in [1.82, 2.24) is 0 Å². The summed E-state index contributed by atoms with van der Waals surface area (Å²) in [6, 6.07) is 19.7. The van der Waals surface area contributed by atoms with Gasteiger partial charge in [0.15, 0.2) is 11.5 Å². The van der Waals surface area contributed by atoms with E-state index in [4.69, 9.17) is 14.2 Å². The van der Waals surface area contributed by atoms with Crippen molar-refractivity contribution in [2.24, 2.45) is 5.92 Å². The van der Waals surface area contributed by atoms with Crippen LogP contribution in [0.2, 0.25) is 0 Å². The second-order valence-electron chi connectivity index (χ2n) is 8.57. The van der Waals surface area contributed by atoms with Gasteiger partial charge in [0.1, 0.15) is 5.75 Å². The van der Waals surface area contributed by atoms with Crippen LogP contribution in [0.4, 0.5) is 5.69 Å². The summed E-state index contributed by atoms with van der Waals surface area (Å²) in [7, 11) is 1.46. The van der Waals surface area contributed by atoms with Gasteiger partial charge in [-0.2, -0.15) is 0 Å². The first kappa shape index (κ1) is 24.3. The second kappa shape index (κ2) is 11.5. The molecule has 1 amide bonds. The minimum absolute atomic E-state index is 0.0286. The van der Waals surface area contributed by atoms with E-state index < -0.39 is 0 Å². The topological polar surface area (TPSA) is 94.1 Å². The van der Waals surface area contributed by atoms with Gasteiger partial charge in [0, 0.05) is 25.3 Å². The largest absolute Gasteiger partial charge is 0.504 e. The molecule has 3 aromatic rings. The van der Waals surface area contributed by atoms with Crippen molar-refractivity contribution in [1.29, 1.82) is 0 Å². The zero-order valence-corrected chi connectivity index (χ0v) is 19.7. The number of esters is 1. The zero-order valence-electron chi connectivity index (χ0n) is 19.7. The molecule has 35 heavy (non-hydrogen) atoms. The van der Waals surface area contributed by atoms with E-state index in [1.54, 1.807) is 18.2 Å². The second-order valence-corrected chi connectivity index (χ2v) is 8.57. The molecule has 0 atom stereocenters. The predicted molar refractivity (Wildman–Crippen MR) is 133 cm³/mol. The summed E-state index contributed by atoms with van der Waals surface area (Å²) in [5, 5.41) is 12.6. The van der Waals surface area contributed by atoms with Crippen LogP contribution >= 0.6 is 0 Å². The normalized spacial score (nSPS) is 13.7. The highest BCUT2D eigenvalue weighted by molar-refractivity contribution is 5.93. The first-order valence-electron chi connectivity index (χ1n) is 11.6. The summed E-state index contributed by atoms with van der Waals surface area (Å²) in [6.07, 6.45) is 2.29. The number of nitrogens with one attached hydrogen (secondary N) is 1. The molecule has 2 N–H and O–H groups in total. The molecule has 1 aliphatic rings. The van der Waals surface area contributed by atoms with Crippen molar-refractivity contribution < 1.29 is 28.9 Å². The Morgan fingerprint density at radius 1 is 1.00 bits per heavy atom. The number of amides is 1. The van der Waals surface area contributed by atoms with Crippen molar-refractivity contribution in [2.45, 2.75) is 25.7 Å². The molecule has 0 aromatic heterocycles. The molecule has 7 heteroatoms. The molecule has 0 aliphatic carbocycles. The van der Waals surface area contributed by atoms with Crippen LogP contribution in [0, 0.1) is 5.92 Å². The highest BCUT2D eigenvalue weighted by Gasteiger charge is 2.19. The molecule has 182 valence electrons. The molecule has 0 spiro atoms. The van der Waals surface area contributed by atoms with Crippen LogP contribution < -0.4 is 14.8 Å². The molecule has 1 fully saturated rings. The molecule has 0 radical (unpaired) electrons. The SMILES string of the molecule is COc1cc(CC(=O)Nc2cccc(-c3cccc(OC(=O)CC4CCOCC4)c3)c2)ccc1O. The molecule has 7 nitrogen and oxygen atoms in total. The lowest BCUT2D eigenvalue weighted by Gasteiger charge is -2.20. The Labute approximate surface area is 204 Å². The Balaban J connectivity index is 1.39. The Hall–Kier alpha value is -3.84. The predicted octanol–water partition coefficient (Wildman–Crippen LogP) is 4.97. The molecular weight excluding hydrogens is 446 g/mol. The molecule has 0 saturated carbocycles. The average molecular weight is 476 g/mol. The lowest BCUT2D eigenvalue weighted by molar-refractivity contribution is -0.136. The summed E-state index contributed by atoms with van der Waals surface area (Å²) < 4.78 is 16.0. The zero-order chi connectivity index (χ0) is 24.6. The van der Waals surface area contributed by atoms with E-state index in [1.165, 1.54) is 13.2 Å². The number of carbonyl (C=O) groups is 2. The van der Waals surface area contributed by atoms with Crippen LogP contribution in [-0.4, -0.2) is 37.3 Å². The third kappa shape index (κ3) is 6.83. The van der Waals surface area contributed by atoms with E-state index in [1.807, 2.05) is 42.5 Å². The number of phenolic OH excluding ortho intramolecular Hbond substituents is 1. The highest BCUT2D eigenvalue weighted by Crippen LogP contribution is 2.28. The summed E-state index contributed by atoms with van der Waals surface area (Å²) in [4.78, 5) is 25.0. The van der Waals surface area contributed by atoms with Crippen LogP contribution in [-0.2, 0) is 20.7 Å². The molecular formula is C28H29NO6. The lowest BCUT2D eigenvalue weighted by Crippen LogP contribution is -2.21. The quantitative estimate of drug-likeness (QED) is 0.353. The van der Waals surface area contributed by atoms with Gasteiger partial charge >= 0.3 is 5.97 Å². The summed E-state index contributed by atoms with van der Waals surface area (Å²) in [6.45, 7) is 1.40. The van der Waals surface area contributed by atoms with E-state index in [0.717, 1.165) is 29.5 Å². The number of rotatable bonds is 8. The van der Waals surface area contributed by atoms with E-state index in [9.17, 15) is 14.7 Å². The minimum Gasteiger partial charge on any atom is -0.504 e. The average Bonchev–Trinajstić information content (AvgIpc) is 2.86. The maximum Gasteiger partial charge on any atom is 0.311 e. The molecule has 0 bridgehead atoms. The maximum atomic E-state index is 12.6. The van der Waals surface area contributed by atoms with Gasteiger partial charge in [-0.1, -0.05) is 30.3 Å². The summed E-state index contributed by atoms with van der Waals surface area (Å²) >= 11 is 0. The van der Waals surface area contributed by atoms with Crippen molar-refractivity contribution >= 4 is 17.6 Å². The minimum atomic E-state index is -0.235. The van der Waals surface area contributed by atoms with Crippen LogP contribution in [0.3, 0.4) is 0 Å². The number of hydrogen-bond donors (Lipinski definition) is 2. The first-order chi connectivity index (χ1) is 17.0. The van der Waals surface area contributed by atoms with Crippen molar-refractivity contribution in [2.75, 3.05) is 25.6 Å². The number of ether oxygens (including phenoxy) is 3. The van der Waals surface area contributed by atoms with Crippen LogP contribution in [0.15, 0.2) is 66.7 Å². The number of benzene rings is 3. The fourth-order valence-corrected chi connectivity index (χ4v) is 4.10. The van der Waals surface area contributed by atoms with Crippen molar-refractivity contribution in [3.05, 3.63) is 72.3 Å². The Morgan fingerprint density at radius 3 is 2.51 bits per heavy atom. The number of carbonyl (C=O) groups excluding carboxylic acids is 2.